The Morgan fingerprint density at radius 3 is 2.12 bits per heavy atom. The molecule has 0 spiro atoms. The summed E-state index contributed by atoms with van der Waals surface area (Å²) in [5, 5.41) is 7.42. The van der Waals surface area contributed by atoms with Gasteiger partial charge in [-0.05, 0) is 84.0 Å². The molecule has 0 radical (unpaired) electrons. The van der Waals surface area contributed by atoms with E-state index in [4.69, 9.17) is 19.9 Å². The molecular weight excluding hydrogens is 496 g/mol. The fraction of sp³-hybridized carbons (Fsp3) is 0.312. The highest BCUT2D eigenvalue weighted by molar-refractivity contribution is 5.87. The summed E-state index contributed by atoms with van der Waals surface area (Å²) in [5.74, 6) is 5.66. The van der Waals surface area contributed by atoms with E-state index in [2.05, 4.69) is 75.2 Å². The molecule has 4 N–H and O–H groups in total. The summed E-state index contributed by atoms with van der Waals surface area (Å²) in [4.78, 5) is 26.7. The van der Waals surface area contributed by atoms with Crippen LogP contribution >= 0.6 is 0 Å². The molecule has 3 saturated carbocycles. The lowest BCUT2D eigenvalue weighted by molar-refractivity contribution is 0.544. The van der Waals surface area contributed by atoms with Crippen LogP contribution in [0.25, 0.3) is 55.5 Å². The van der Waals surface area contributed by atoms with E-state index in [1.165, 1.54) is 12.8 Å². The van der Waals surface area contributed by atoms with Crippen molar-refractivity contribution < 1.29 is 0 Å². The number of aromatic amines is 2. The van der Waals surface area contributed by atoms with Gasteiger partial charge >= 0.3 is 0 Å². The summed E-state index contributed by atoms with van der Waals surface area (Å²) in [5.41, 5.74) is 10.1. The average Bonchev–Trinajstić information content (AvgIpc) is 3.76. The van der Waals surface area contributed by atoms with Gasteiger partial charge in [0.2, 0.25) is 0 Å². The third-order valence-electron chi connectivity index (χ3n) is 10.3. The van der Waals surface area contributed by atoms with Gasteiger partial charge < -0.3 is 20.6 Å². The summed E-state index contributed by atoms with van der Waals surface area (Å²) in [6.07, 6.45) is 4.39. The van der Waals surface area contributed by atoms with E-state index in [1.807, 2.05) is 6.20 Å². The number of hydrogen-bond donors (Lipinski definition) is 4. The fourth-order valence-corrected chi connectivity index (χ4v) is 7.89. The van der Waals surface area contributed by atoms with Gasteiger partial charge in [0.25, 0.3) is 0 Å². The summed E-state index contributed by atoms with van der Waals surface area (Å²) < 4.78 is 0. The first kappa shape index (κ1) is 20.7. The van der Waals surface area contributed by atoms with Crippen molar-refractivity contribution in [2.45, 2.75) is 37.0 Å². The van der Waals surface area contributed by atoms with Crippen LogP contribution in [0, 0.1) is 23.7 Å². The molecule has 0 amide bonds. The average molecular weight is 523 g/mol. The number of imidazole rings is 2. The number of aromatic nitrogens is 6. The highest BCUT2D eigenvalue weighted by atomic mass is 15.2. The Kier molecular flexibility index (Phi) is 3.60. The lowest BCUT2D eigenvalue weighted by Crippen LogP contribution is -2.18. The monoisotopic (exact) mass is 522 g/mol. The molecule has 8 heteroatoms. The van der Waals surface area contributed by atoms with Gasteiger partial charge in [-0.15, -0.1) is 0 Å². The summed E-state index contributed by atoms with van der Waals surface area (Å²) in [7, 11) is 0. The molecule has 3 unspecified atom stereocenters. The topological polar surface area (TPSA) is 107 Å². The largest absolute Gasteiger partial charge is 0.341 e. The van der Waals surface area contributed by atoms with Crippen LogP contribution in [0.15, 0.2) is 60.8 Å². The Hall–Kier alpha value is -4.14. The standard InChI is InChI=1S/C32H26N8/c1-4-17-21(7-13(1)14-2-5-19-22(8-14)39-32(37-19)30-28-26-27(28)29(26)40-30)33-12-25(34-17)15-3-6-18-23(9-15)38-31(36-18)24-11-16-10-20(16)35-24/h1-9,12,16,20,24,26-30,35,40H,10-11H2,(H,36,38)(H,37,39)/t16-,20-,24+,26-,27?,28?,29?,30+/m1/s1. The number of fused-ring (bicyclic) bond motifs is 5. The molecule has 6 aromatic rings. The van der Waals surface area contributed by atoms with E-state index in [1.54, 1.807) is 0 Å². The smallest absolute Gasteiger partial charge is 0.124 e. The third kappa shape index (κ3) is 2.82. The first-order chi connectivity index (χ1) is 19.7. The van der Waals surface area contributed by atoms with E-state index in [-0.39, 0.29) is 0 Å². The van der Waals surface area contributed by atoms with Gasteiger partial charge in [-0.25, -0.2) is 15.0 Å². The molecule has 8 nitrogen and oxygen atoms in total. The van der Waals surface area contributed by atoms with Gasteiger partial charge in [0.1, 0.15) is 11.6 Å². The van der Waals surface area contributed by atoms with Gasteiger partial charge in [-0.2, -0.15) is 0 Å². The molecular formula is C32H26N8. The molecule has 3 aromatic heterocycles. The molecule has 6 fully saturated rings. The van der Waals surface area contributed by atoms with Crippen LogP contribution in [0.2, 0.25) is 0 Å². The summed E-state index contributed by atoms with van der Waals surface area (Å²) in [6.45, 7) is 0. The molecule has 3 aromatic carbocycles. The van der Waals surface area contributed by atoms with E-state index < -0.39 is 0 Å². The van der Waals surface area contributed by atoms with Crippen LogP contribution in [-0.4, -0.2) is 42.0 Å². The number of piperidine rings is 2. The maximum absolute atomic E-state index is 4.97. The van der Waals surface area contributed by atoms with Crippen LogP contribution in [0.3, 0.4) is 0 Å². The predicted molar refractivity (Wildman–Crippen MR) is 152 cm³/mol. The van der Waals surface area contributed by atoms with Crippen molar-refractivity contribution in [2.75, 3.05) is 0 Å². The predicted octanol–water partition coefficient (Wildman–Crippen LogP) is 5.03. The quantitative estimate of drug-likeness (QED) is 0.259. The number of benzene rings is 3. The van der Waals surface area contributed by atoms with E-state index in [0.29, 0.717) is 18.1 Å². The number of H-pyrrole nitrogens is 2. The normalized spacial score (nSPS) is 32.6. The zero-order valence-electron chi connectivity index (χ0n) is 21.6. The van der Waals surface area contributed by atoms with Gasteiger partial charge in [-0.1, -0.05) is 18.2 Å². The minimum Gasteiger partial charge on any atom is -0.341 e. The number of hydrogen-bond acceptors (Lipinski definition) is 6. The molecule has 8 atom stereocenters. The molecule has 6 heterocycles. The Morgan fingerprint density at radius 1 is 0.625 bits per heavy atom. The van der Waals surface area contributed by atoms with Crippen molar-refractivity contribution in [1.29, 1.82) is 0 Å². The second kappa shape index (κ2) is 6.95. The van der Waals surface area contributed by atoms with Crippen LogP contribution < -0.4 is 10.6 Å². The minimum absolute atomic E-state index is 0.348. The number of nitrogens with one attached hydrogen (secondary N) is 4. The van der Waals surface area contributed by atoms with Crippen molar-refractivity contribution in [3.63, 3.8) is 0 Å². The molecule has 3 saturated heterocycles. The molecule has 40 heavy (non-hydrogen) atoms. The zero-order valence-corrected chi connectivity index (χ0v) is 21.6. The van der Waals surface area contributed by atoms with Crippen molar-refractivity contribution in [2.24, 2.45) is 23.7 Å². The van der Waals surface area contributed by atoms with Crippen LogP contribution in [0.4, 0.5) is 0 Å². The van der Waals surface area contributed by atoms with E-state index in [0.717, 1.165) is 96.8 Å². The lowest BCUT2D eigenvalue weighted by atomic mass is 10.0. The van der Waals surface area contributed by atoms with Crippen molar-refractivity contribution in [1.82, 2.24) is 40.5 Å². The highest BCUT2D eigenvalue weighted by Gasteiger charge is 2.81. The Labute approximate surface area is 229 Å². The first-order valence-electron chi connectivity index (χ1n) is 14.5. The molecule has 12 rings (SSSR count). The van der Waals surface area contributed by atoms with Gasteiger partial charge in [0.05, 0.1) is 57.1 Å². The Bertz CT molecular complexity index is 2030. The highest BCUT2D eigenvalue weighted by Crippen LogP contribution is 2.77. The second-order valence-corrected chi connectivity index (χ2v) is 12.6. The van der Waals surface area contributed by atoms with Crippen LogP contribution in [-0.2, 0) is 0 Å². The Morgan fingerprint density at radius 2 is 1.35 bits per heavy atom. The van der Waals surface area contributed by atoms with Crippen LogP contribution in [0.5, 0.6) is 0 Å². The maximum Gasteiger partial charge on any atom is 0.124 e. The first-order valence-corrected chi connectivity index (χ1v) is 14.5. The molecule has 194 valence electrons. The van der Waals surface area contributed by atoms with Crippen molar-refractivity contribution in [3.8, 4) is 22.4 Å². The molecule has 3 aliphatic heterocycles. The summed E-state index contributed by atoms with van der Waals surface area (Å²) >= 11 is 0. The van der Waals surface area contributed by atoms with Crippen molar-refractivity contribution in [3.05, 3.63) is 72.4 Å². The number of rotatable bonds is 4. The summed E-state index contributed by atoms with van der Waals surface area (Å²) in [6, 6.07) is 21.4. The van der Waals surface area contributed by atoms with E-state index >= 15 is 0 Å². The zero-order chi connectivity index (χ0) is 25.7. The molecule has 6 aliphatic rings. The maximum atomic E-state index is 4.97. The van der Waals surface area contributed by atoms with E-state index in [9.17, 15) is 0 Å². The van der Waals surface area contributed by atoms with Crippen molar-refractivity contribution >= 4 is 33.1 Å². The molecule has 3 aliphatic carbocycles. The Balaban J connectivity index is 0.899. The van der Waals surface area contributed by atoms with Gasteiger partial charge in [0.15, 0.2) is 0 Å². The fourth-order valence-electron chi connectivity index (χ4n) is 7.89. The SMILES string of the molecule is c1cc2nc(-c3ccc4nc([C@@H]5C[C@H]6C[C@H]6N5)[nH]c4c3)cnc2cc1-c1ccc2nc([C@H]3NC4C5C3[C@H]45)[nH]c2c1. The van der Waals surface area contributed by atoms with Gasteiger partial charge in [0, 0.05) is 17.6 Å². The molecule has 2 bridgehead atoms. The number of nitrogens with zero attached hydrogens (tertiary/aromatic N) is 4. The lowest BCUT2D eigenvalue weighted by Gasteiger charge is -2.08. The second-order valence-electron chi connectivity index (χ2n) is 12.6. The van der Waals surface area contributed by atoms with Gasteiger partial charge in [-0.3, -0.25) is 4.98 Å². The van der Waals surface area contributed by atoms with Crippen LogP contribution in [0.1, 0.15) is 36.6 Å². The minimum atomic E-state index is 0.348. The third-order valence-corrected chi connectivity index (χ3v) is 10.3.